The molecule has 1 amide bonds. The summed E-state index contributed by atoms with van der Waals surface area (Å²) in [5.74, 6) is -0.311. The second kappa shape index (κ2) is 2.32. The smallest absolute Gasteiger partial charge is 0.258 e. The van der Waals surface area contributed by atoms with Gasteiger partial charge in [0.15, 0.2) is 5.60 Å². The number of carbonyl (C=O) groups excluding carboxylic acids is 1. The lowest BCUT2D eigenvalue weighted by Crippen LogP contribution is -2.62. The third-order valence-electron chi connectivity index (χ3n) is 2.13. The Morgan fingerprint density at radius 2 is 2.00 bits per heavy atom. The summed E-state index contributed by atoms with van der Waals surface area (Å²) < 4.78 is 0. The number of β-lactam (4-membered cyclic amide) rings is 1. The summed E-state index contributed by atoms with van der Waals surface area (Å²) in [6, 6.07) is 8.96. The van der Waals surface area contributed by atoms with Crippen molar-refractivity contribution in [1.82, 2.24) is 5.32 Å². The number of aliphatic hydroxyl groups is 1. The second-order valence-corrected chi connectivity index (χ2v) is 2.91. The Morgan fingerprint density at radius 3 is 2.42 bits per heavy atom. The maximum Gasteiger partial charge on any atom is 0.258 e. The Balaban J connectivity index is 2.37. The van der Waals surface area contributed by atoms with Gasteiger partial charge in [0.05, 0.1) is 6.54 Å². The zero-order valence-electron chi connectivity index (χ0n) is 6.45. The van der Waals surface area contributed by atoms with Gasteiger partial charge in [0.1, 0.15) is 0 Å². The van der Waals surface area contributed by atoms with E-state index in [0.29, 0.717) is 12.1 Å². The first-order valence-corrected chi connectivity index (χ1v) is 3.80. The van der Waals surface area contributed by atoms with Crippen molar-refractivity contribution in [1.29, 1.82) is 0 Å². The van der Waals surface area contributed by atoms with Crippen LogP contribution in [-0.4, -0.2) is 17.6 Å². The lowest BCUT2D eigenvalue weighted by Gasteiger charge is -2.35. The topological polar surface area (TPSA) is 49.3 Å². The van der Waals surface area contributed by atoms with E-state index in [1.165, 1.54) is 0 Å². The van der Waals surface area contributed by atoms with Crippen molar-refractivity contribution in [3.05, 3.63) is 35.9 Å². The molecule has 1 aliphatic heterocycles. The van der Waals surface area contributed by atoms with Gasteiger partial charge in [0.25, 0.3) is 5.91 Å². The molecule has 0 radical (unpaired) electrons. The van der Waals surface area contributed by atoms with Crippen LogP contribution in [0, 0.1) is 0 Å². The first-order valence-electron chi connectivity index (χ1n) is 3.80. The van der Waals surface area contributed by atoms with Crippen LogP contribution in [0.2, 0.25) is 0 Å². The fourth-order valence-corrected chi connectivity index (χ4v) is 1.28. The summed E-state index contributed by atoms with van der Waals surface area (Å²) >= 11 is 0. The Hall–Kier alpha value is -1.35. The summed E-state index contributed by atoms with van der Waals surface area (Å²) in [7, 11) is 0. The van der Waals surface area contributed by atoms with Crippen molar-refractivity contribution in [3.8, 4) is 0 Å². The van der Waals surface area contributed by atoms with Gasteiger partial charge in [-0.15, -0.1) is 0 Å². The minimum Gasteiger partial charge on any atom is -0.374 e. The molecule has 12 heavy (non-hydrogen) atoms. The molecule has 0 aliphatic carbocycles. The second-order valence-electron chi connectivity index (χ2n) is 2.91. The molecule has 1 unspecified atom stereocenters. The highest BCUT2D eigenvalue weighted by atomic mass is 16.3. The molecule has 1 aromatic rings. The number of benzene rings is 1. The molecule has 0 spiro atoms. The third-order valence-corrected chi connectivity index (χ3v) is 2.13. The molecule has 0 aromatic heterocycles. The van der Waals surface area contributed by atoms with E-state index in [4.69, 9.17) is 0 Å². The van der Waals surface area contributed by atoms with Crippen LogP contribution in [0.15, 0.2) is 30.3 Å². The fourth-order valence-electron chi connectivity index (χ4n) is 1.28. The lowest BCUT2D eigenvalue weighted by molar-refractivity contribution is -0.153. The SMILES string of the molecule is O=C1NCC1(O)c1ccccc1. The Kier molecular flexibility index (Phi) is 1.41. The molecule has 2 rings (SSSR count). The predicted octanol–water partition coefficient (Wildman–Crippen LogP) is 0.00400. The number of rotatable bonds is 1. The zero-order valence-corrected chi connectivity index (χ0v) is 6.45. The molecule has 1 aliphatic rings. The van der Waals surface area contributed by atoms with E-state index in [1.807, 2.05) is 6.07 Å². The standard InChI is InChI=1S/C9H9NO2/c11-8-9(12,6-10-8)7-4-2-1-3-5-7/h1-5,12H,6H2,(H,10,11). The Bertz CT molecular complexity index is 310. The van der Waals surface area contributed by atoms with Gasteiger partial charge in [-0.1, -0.05) is 30.3 Å². The number of amides is 1. The van der Waals surface area contributed by atoms with Gasteiger partial charge in [-0.25, -0.2) is 0 Å². The van der Waals surface area contributed by atoms with Crippen LogP contribution >= 0.6 is 0 Å². The van der Waals surface area contributed by atoms with Crippen molar-refractivity contribution in [2.45, 2.75) is 5.60 Å². The van der Waals surface area contributed by atoms with E-state index in [2.05, 4.69) is 5.32 Å². The molecule has 1 atom stereocenters. The number of carbonyl (C=O) groups is 1. The number of hydrogen-bond acceptors (Lipinski definition) is 2. The van der Waals surface area contributed by atoms with Gasteiger partial charge in [-0.05, 0) is 5.56 Å². The predicted molar refractivity (Wildman–Crippen MR) is 43.3 cm³/mol. The first kappa shape index (κ1) is 7.31. The van der Waals surface area contributed by atoms with Gasteiger partial charge >= 0.3 is 0 Å². The summed E-state index contributed by atoms with van der Waals surface area (Å²) in [5.41, 5.74) is -0.616. The van der Waals surface area contributed by atoms with Gasteiger partial charge < -0.3 is 10.4 Å². The minimum absolute atomic E-state index is 0.311. The van der Waals surface area contributed by atoms with Crippen LogP contribution in [-0.2, 0) is 10.4 Å². The van der Waals surface area contributed by atoms with E-state index >= 15 is 0 Å². The first-order chi connectivity index (χ1) is 5.73. The number of nitrogens with one attached hydrogen (secondary N) is 1. The molecule has 3 nitrogen and oxygen atoms in total. The number of hydrogen-bond donors (Lipinski definition) is 2. The molecule has 3 heteroatoms. The van der Waals surface area contributed by atoms with Crippen LogP contribution in [0.25, 0.3) is 0 Å². The Labute approximate surface area is 70.0 Å². The van der Waals surface area contributed by atoms with Crippen molar-refractivity contribution in [3.63, 3.8) is 0 Å². The van der Waals surface area contributed by atoms with E-state index in [-0.39, 0.29) is 5.91 Å². The molecule has 2 N–H and O–H groups in total. The van der Waals surface area contributed by atoms with Crippen LogP contribution in [0.5, 0.6) is 0 Å². The van der Waals surface area contributed by atoms with Crippen molar-refractivity contribution < 1.29 is 9.90 Å². The van der Waals surface area contributed by atoms with Gasteiger partial charge in [-0.2, -0.15) is 0 Å². The minimum atomic E-state index is -1.28. The molecule has 0 saturated carbocycles. The zero-order chi connectivity index (χ0) is 8.60. The van der Waals surface area contributed by atoms with Crippen LogP contribution in [0.3, 0.4) is 0 Å². The molecule has 1 saturated heterocycles. The van der Waals surface area contributed by atoms with Gasteiger partial charge in [0.2, 0.25) is 0 Å². The monoisotopic (exact) mass is 163 g/mol. The highest BCUT2D eigenvalue weighted by molar-refractivity contribution is 5.92. The number of β-amino-alcohol motifs (C(OH)–C–C–N with tert-alkyl or cyclic N) is 1. The Morgan fingerprint density at radius 1 is 1.33 bits per heavy atom. The van der Waals surface area contributed by atoms with Crippen molar-refractivity contribution in [2.75, 3.05) is 6.54 Å². The van der Waals surface area contributed by atoms with Gasteiger partial charge in [-0.3, -0.25) is 4.79 Å². The largest absolute Gasteiger partial charge is 0.374 e. The third kappa shape index (κ3) is 0.833. The summed E-state index contributed by atoms with van der Waals surface area (Å²) in [6.07, 6.45) is 0. The molecular weight excluding hydrogens is 154 g/mol. The van der Waals surface area contributed by atoms with Crippen molar-refractivity contribution >= 4 is 5.91 Å². The van der Waals surface area contributed by atoms with E-state index in [1.54, 1.807) is 24.3 Å². The summed E-state index contributed by atoms with van der Waals surface area (Å²) in [6.45, 7) is 0.315. The normalized spacial score (nSPS) is 27.6. The lowest BCUT2D eigenvalue weighted by atomic mass is 9.87. The quantitative estimate of drug-likeness (QED) is 0.573. The average molecular weight is 163 g/mol. The van der Waals surface area contributed by atoms with Crippen LogP contribution < -0.4 is 5.32 Å². The molecule has 1 aromatic carbocycles. The molecule has 1 fully saturated rings. The maximum atomic E-state index is 11.0. The van der Waals surface area contributed by atoms with Crippen LogP contribution in [0.1, 0.15) is 5.56 Å². The summed E-state index contributed by atoms with van der Waals surface area (Å²) in [5, 5.41) is 12.2. The highest BCUT2D eigenvalue weighted by Crippen LogP contribution is 2.25. The molecular formula is C9H9NO2. The van der Waals surface area contributed by atoms with E-state index < -0.39 is 5.60 Å². The van der Waals surface area contributed by atoms with Crippen molar-refractivity contribution in [2.24, 2.45) is 0 Å². The average Bonchev–Trinajstić information content (AvgIpc) is 2.16. The molecule has 1 heterocycles. The summed E-state index contributed by atoms with van der Waals surface area (Å²) in [4.78, 5) is 11.0. The van der Waals surface area contributed by atoms with E-state index in [9.17, 15) is 9.90 Å². The van der Waals surface area contributed by atoms with E-state index in [0.717, 1.165) is 0 Å². The fraction of sp³-hybridized carbons (Fsp3) is 0.222. The maximum absolute atomic E-state index is 11.0. The van der Waals surface area contributed by atoms with Crippen LogP contribution in [0.4, 0.5) is 0 Å². The van der Waals surface area contributed by atoms with Gasteiger partial charge in [0, 0.05) is 0 Å². The molecule has 62 valence electrons. The molecule has 0 bridgehead atoms. The highest BCUT2D eigenvalue weighted by Gasteiger charge is 2.45.